The maximum atomic E-state index is 10.3. The van der Waals surface area contributed by atoms with Crippen LogP contribution in [0.25, 0.3) is 6.08 Å². The maximum Gasteiger partial charge on any atom is 0.110 e. The van der Waals surface area contributed by atoms with Gasteiger partial charge in [0.05, 0.1) is 8.07 Å². The van der Waals surface area contributed by atoms with E-state index in [1.54, 1.807) is 7.11 Å². The Balaban J connectivity index is 2.51. The summed E-state index contributed by atoms with van der Waals surface area (Å²) in [7, 11) is -0.152. The van der Waals surface area contributed by atoms with Gasteiger partial charge in [0.25, 0.3) is 0 Å². The van der Waals surface area contributed by atoms with Crippen LogP contribution in [0.2, 0.25) is 19.6 Å². The SMILES string of the molecule is COCC#C/C(=C1\C(=C\c2ccccc2)[C@@H](O)[C@H]1O)[Si](C)(C)C. The second kappa shape index (κ2) is 7.29. The molecule has 0 spiro atoms. The minimum Gasteiger partial charge on any atom is -0.385 e. The number of ether oxygens (including phenoxy) is 1. The van der Waals surface area contributed by atoms with Crippen LogP contribution in [0.4, 0.5) is 0 Å². The maximum absolute atomic E-state index is 10.3. The summed E-state index contributed by atoms with van der Waals surface area (Å²) < 4.78 is 5.00. The first-order chi connectivity index (χ1) is 10.9. The van der Waals surface area contributed by atoms with Crippen molar-refractivity contribution in [3.63, 3.8) is 0 Å². The Labute approximate surface area is 139 Å². The molecule has 4 heteroatoms. The van der Waals surface area contributed by atoms with Crippen LogP contribution in [0, 0.1) is 11.8 Å². The van der Waals surface area contributed by atoms with Gasteiger partial charge in [0.2, 0.25) is 0 Å². The van der Waals surface area contributed by atoms with E-state index in [1.165, 1.54) is 0 Å². The first-order valence-corrected chi connectivity index (χ1v) is 11.2. The molecule has 1 fully saturated rings. The highest BCUT2D eigenvalue weighted by atomic mass is 28.3. The Hall–Kier alpha value is -1.64. The average Bonchev–Trinajstić information content (AvgIpc) is 2.52. The van der Waals surface area contributed by atoms with Crippen LogP contribution >= 0.6 is 0 Å². The molecule has 3 nitrogen and oxygen atoms in total. The van der Waals surface area contributed by atoms with E-state index >= 15 is 0 Å². The number of aliphatic hydroxyl groups is 2. The molecular formula is C19H24O3Si. The highest BCUT2D eigenvalue weighted by Crippen LogP contribution is 2.40. The smallest absolute Gasteiger partial charge is 0.110 e. The van der Waals surface area contributed by atoms with Gasteiger partial charge in [0.1, 0.15) is 18.8 Å². The van der Waals surface area contributed by atoms with Crippen LogP contribution in [-0.2, 0) is 4.74 Å². The summed E-state index contributed by atoms with van der Waals surface area (Å²) >= 11 is 0. The van der Waals surface area contributed by atoms with Crippen molar-refractivity contribution in [1.29, 1.82) is 0 Å². The lowest BCUT2D eigenvalue weighted by Crippen LogP contribution is -2.45. The Morgan fingerprint density at radius 3 is 2.39 bits per heavy atom. The monoisotopic (exact) mass is 328 g/mol. The molecule has 2 rings (SSSR count). The number of allylic oxidation sites excluding steroid dienone is 1. The Kier molecular flexibility index (Phi) is 5.61. The lowest BCUT2D eigenvalue weighted by Gasteiger charge is -2.39. The van der Waals surface area contributed by atoms with E-state index in [1.807, 2.05) is 36.4 Å². The molecule has 0 amide bonds. The van der Waals surface area contributed by atoms with Gasteiger partial charge in [-0.3, -0.25) is 0 Å². The first kappa shape index (κ1) is 17.7. The Bertz CT molecular complexity index is 672. The highest BCUT2D eigenvalue weighted by molar-refractivity contribution is 6.84. The van der Waals surface area contributed by atoms with Crippen LogP contribution in [0.1, 0.15) is 5.56 Å². The zero-order chi connectivity index (χ0) is 17.0. The highest BCUT2D eigenvalue weighted by Gasteiger charge is 2.42. The van der Waals surface area contributed by atoms with Gasteiger partial charge in [0, 0.05) is 7.11 Å². The molecule has 0 aliphatic heterocycles. The van der Waals surface area contributed by atoms with Gasteiger partial charge in [-0.05, 0) is 28.0 Å². The lowest BCUT2D eigenvalue weighted by atomic mass is 9.78. The third-order valence-corrected chi connectivity index (χ3v) is 5.69. The van der Waals surface area contributed by atoms with Gasteiger partial charge in [-0.25, -0.2) is 0 Å². The van der Waals surface area contributed by atoms with Crippen molar-refractivity contribution in [1.82, 2.24) is 0 Å². The van der Waals surface area contributed by atoms with Gasteiger partial charge < -0.3 is 14.9 Å². The van der Waals surface area contributed by atoms with E-state index in [0.717, 1.165) is 21.9 Å². The van der Waals surface area contributed by atoms with Crippen LogP contribution in [0.5, 0.6) is 0 Å². The lowest BCUT2D eigenvalue weighted by molar-refractivity contribution is 0.0354. The quantitative estimate of drug-likeness (QED) is 0.662. The van der Waals surface area contributed by atoms with Crippen molar-refractivity contribution in [3.05, 3.63) is 52.2 Å². The van der Waals surface area contributed by atoms with E-state index in [-0.39, 0.29) is 0 Å². The van der Waals surface area contributed by atoms with E-state index in [2.05, 4.69) is 31.5 Å². The molecule has 2 N–H and O–H groups in total. The van der Waals surface area contributed by atoms with Crippen LogP contribution in [-0.4, -0.2) is 44.2 Å². The number of methoxy groups -OCH3 is 1. The molecule has 1 aromatic carbocycles. The summed E-state index contributed by atoms with van der Waals surface area (Å²) in [5, 5.41) is 21.5. The molecule has 1 saturated carbocycles. The number of aliphatic hydroxyl groups excluding tert-OH is 2. The number of rotatable bonds is 3. The van der Waals surface area contributed by atoms with Gasteiger partial charge in [-0.2, -0.15) is 0 Å². The second-order valence-electron chi connectivity index (χ2n) is 6.67. The van der Waals surface area contributed by atoms with E-state index in [0.29, 0.717) is 6.61 Å². The third kappa shape index (κ3) is 4.01. The van der Waals surface area contributed by atoms with Gasteiger partial charge >= 0.3 is 0 Å². The fourth-order valence-electron chi connectivity index (χ4n) is 2.60. The third-order valence-electron chi connectivity index (χ3n) is 3.80. The fourth-order valence-corrected chi connectivity index (χ4v) is 4.17. The van der Waals surface area contributed by atoms with Crippen molar-refractivity contribution in [3.8, 4) is 11.8 Å². The topological polar surface area (TPSA) is 49.7 Å². The van der Waals surface area contributed by atoms with E-state index in [9.17, 15) is 10.2 Å². The molecule has 122 valence electrons. The summed E-state index contributed by atoms with van der Waals surface area (Å²) in [5.41, 5.74) is 2.57. The molecule has 1 aliphatic carbocycles. The molecule has 1 aliphatic rings. The van der Waals surface area contributed by atoms with Gasteiger partial charge in [-0.1, -0.05) is 61.8 Å². The number of benzene rings is 1. The molecule has 0 unspecified atom stereocenters. The standard InChI is InChI=1S/C19H24O3Si/c1-22-12-8-11-16(23(2,3)4)17-15(18(20)19(17)21)13-14-9-6-5-7-10-14/h5-7,9-10,13,18-21H,12H2,1-4H3/b15-13-,17-16-/t18-,19+/m1/s1. The number of hydrogen-bond donors (Lipinski definition) is 2. The zero-order valence-electron chi connectivity index (χ0n) is 14.1. The molecule has 2 atom stereocenters. The molecule has 0 bridgehead atoms. The van der Waals surface area contributed by atoms with Gasteiger partial charge in [-0.15, -0.1) is 0 Å². The normalized spacial score (nSPS) is 24.7. The summed E-state index contributed by atoms with van der Waals surface area (Å²) in [6, 6.07) is 9.82. The first-order valence-electron chi connectivity index (χ1n) is 7.72. The molecule has 0 saturated heterocycles. The summed E-state index contributed by atoms with van der Waals surface area (Å²) in [6.45, 7) is 6.93. The largest absolute Gasteiger partial charge is 0.385 e. The van der Waals surface area contributed by atoms with Gasteiger partial charge in [0.15, 0.2) is 0 Å². The molecule has 0 radical (unpaired) electrons. The molecule has 0 heterocycles. The van der Waals surface area contributed by atoms with Crippen LogP contribution in [0.15, 0.2) is 46.7 Å². The Morgan fingerprint density at radius 1 is 1.17 bits per heavy atom. The van der Waals surface area contributed by atoms with E-state index < -0.39 is 20.3 Å². The minimum absolute atomic E-state index is 0.359. The van der Waals surface area contributed by atoms with E-state index in [4.69, 9.17) is 4.74 Å². The minimum atomic E-state index is -1.76. The Morgan fingerprint density at radius 2 is 1.83 bits per heavy atom. The molecule has 1 aromatic rings. The van der Waals surface area contributed by atoms with Crippen molar-refractivity contribution >= 4 is 14.1 Å². The second-order valence-corrected chi connectivity index (χ2v) is 11.7. The predicted molar refractivity (Wildman–Crippen MR) is 96.5 cm³/mol. The van der Waals surface area contributed by atoms with Crippen molar-refractivity contribution in [2.45, 2.75) is 31.8 Å². The molecular weight excluding hydrogens is 304 g/mol. The average molecular weight is 328 g/mol. The summed E-state index contributed by atoms with van der Waals surface area (Å²) in [4.78, 5) is 0. The molecule has 0 aromatic heterocycles. The summed E-state index contributed by atoms with van der Waals surface area (Å²) in [6.07, 6.45) is 0.231. The summed E-state index contributed by atoms with van der Waals surface area (Å²) in [5.74, 6) is 6.18. The van der Waals surface area contributed by atoms with Crippen molar-refractivity contribution in [2.75, 3.05) is 13.7 Å². The predicted octanol–water partition coefficient (Wildman–Crippen LogP) is 2.63. The van der Waals surface area contributed by atoms with Crippen molar-refractivity contribution < 1.29 is 14.9 Å². The van der Waals surface area contributed by atoms with Crippen LogP contribution < -0.4 is 0 Å². The number of hydrogen-bond acceptors (Lipinski definition) is 3. The van der Waals surface area contributed by atoms with Crippen LogP contribution in [0.3, 0.4) is 0 Å². The molecule has 23 heavy (non-hydrogen) atoms. The zero-order valence-corrected chi connectivity index (χ0v) is 15.1. The van der Waals surface area contributed by atoms with Crippen molar-refractivity contribution in [2.24, 2.45) is 0 Å². The fraction of sp³-hybridized carbons (Fsp3) is 0.368.